The van der Waals surface area contributed by atoms with Crippen LogP contribution >= 0.6 is 0 Å². The molecule has 3 aromatic rings. The fourth-order valence-corrected chi connectivity index (χ4v) is 2.67. The van der Waals surface area contributed by atoms with Crippen molar-refractivity contribution in [1.82, 2.24) is 9.55 Å². The van der Waals surface area contributed by atoms with Crippen LogP contribution in [0.3, 0.4) is 0 Å². The number of fused-ring (bicyclic) bond motifs is 1. The summed E-state index contributed by atoms with van der Waals surface area (Å²) in [6, 6.07) is 12.7. The van der Waals surface area contributed by atoms with Crippen molar-refractivity contribution in [3.8, 4) is 11.8 Å². The van der Waals surface area contributed by atoms with Gasteiger partial charge in [0.05, 0.1) is 28.2 Å². The van der Waals surface area contributed by atoms with E-state index in [4.69, 9.17) is 11.5 Å². The van der Waals surface area contributed by atoms with Crippen molar-refractivity contribution in [2.24, 2.45) is 11.5 Å². The number of nitrogens with zero attached hydrogens (tertiary/aromatic N) is 3. The molecule has 0 aliphatic rings. The summed E-state index contributed by atoms with van der Waals surface area (Å²) in [4.78, 5) is 28.9. The first kappa shape index (κ1) is 16.4. The second-order valence-corrected chi connectivity index (χ2v) is 5.63. The van der Waals surface area contributed by atoms with E-state index in [0.717, 1.165) is 0 Å². The molecule has 2 aromatic carbocycles. The molecule has 1 aromatic heterocycles. The molecule has 0 saturated heterocycles. The van der Waals surface area contributed by atoms with Gasteiger partial charge in [0.2, 0.25) is 5.91 Å². The average Bonchev–Trinajstić information content (AvgIpc) is 2.61. The van der Waals surface area contributed by atoms with Crippen LogP contribution in [0.15, 0.2) is 47.3 Å². The van der Waals surface area contributed by atoms with Gasteiger partial charge in [-0.1, -0.05) is 12.1 Å². The van der Waals surface area contributed by atoms with E-state index in [1.807, 2.05) is 6.07 Å². The van der Waals surface area contributed by atoms with Crippen LogP contribution in [-0.2, 0) is 0 Å². The molecule has 0 saturated carbocycles. The largest absolute Gasteiger partial charge is 0.366 e. The van der Waals surface area contributed by atoms with Gasteiger partial charge in [-0.05, 0) is 37.3 Å². The van der Waals surface area contributed by atoms with E-state index in [1.165, 1.54) is 10.6 Å². The maximum absolute atomic E-state index is 13.0. The molecule has 3 rings (SSSR count). The standard InChI is InChI=1S/C18H15N5O2/c1-10(20)17-22-15-12(9-19)5-3-7-14(15)18(25)23(17)13-6-2-4-11(8-13)16(21)24/h2-8,10H,20H2,1H3,(H2,21,24)/t10-/m0/s1. The molecular formula is C18H15N5O2. The number of nitriles is 1. The minimum atomic E-state index is -0.599. The lowest BCUT2D eigenvalue weighted by Crippen LogP contribution is -2.28. The first-order valence-corrected chi connectivity index (χ1v) is 7.55. The number of para-hydroxylation sites is 1. The fraction of sp³-hybridized carbons (Fsp3) is 0.111. The molecule has 0 aliphatic carbocycles. The molecule has 4 N–H and O–H groups in total. The van der Waals surface area contributed by atoms with Gasteiger partial charge in [-0.3, -0.25) is 14.2 Å². The summed E-state index contributed by atoms with van der Waals surface area (Å²) in [6.45, 7) is 1.69. The first-order chi connectivity index (χ1) is 11.9. The third-order valence-corrected chi connectivity index (χ3v) is 3.84. The van der Waals surface area contributed by atoms with Gasteiger partial charge in [-0.25, -0.2) is 4.98 Å². The van der Waals surface area contributed by atoms with E-state index in [9.17, 15) is 14.9 Å². The minimum Gasteiger partial charge on any atom is -0.366 e. The molecule has 0 bridgehead atoms. The number of nitrogens with two attached hydrogens (primary N) is 2. The summed E-state index contributed by atoms with van der Waals surface area (Å²) in [5.41, 5.74) is 12.3. The highest BCUT2D eigenvalue weighted by atomic mass is 16.1. The summed E-state index contributed by atoms with van der Waals surface area (Å²) in [7, 11) is 0. The third kappa shape index (κ3) is 2.75. The molecule has 7 nitrogen and oxygen atoms in total. The second-order valence-electron chi connectivity index (χ2n) is 5.63. The minimum absolute atomic E-state index is 0.269. The van der Waals surface area contributed by atoms with E-state index in [1.54, 1.807) is 43.3 Å². The zero-order chi connectivity index (χ0) is 18.1. The monoisotopic (exact) mass is 333 g/mol. The highest BCUT2D eigenvalue weighted by Gasteiger charge is 2.18. The Hall–Kier alpha value is -3.50. The van der Waals surface area contributed by atoms with Crippen LogP contribution in [0.25, 0.3) is 16.6 Å². The Bertz CT molecular complexity index is 1090. The SMILES string of the molecule is C[C@H](N)c1nc2c(C#N)cccc2c(=O)n1-c1cccc(C(N)=O)c1. The molecule has 0 unspecified atom stereocenters. The highest BCUT2D eigenvalue weighted by Crippen LogP contribution is 2.19. The molecule has 1 heterocycles. The van der Waals surface area contributed by atoms with E-state index in [2.05, 4.69) is 4.98 Å². The Kier molecular flexibility index (Phi) is 4.05. The summed E-state index contributed by atoms with van der Waals surface area (Å²) in [5.74, 6) is -0.306. The Morgan fingerprint density at radius 3 is 2.64 bits per heavy atom. The zero-order valence-electron chi connectivity index (χ0n) is 13.4. The predicted octanol–water partition coefficient (Wildman–Crippen LogP) is 1.38. The van der Waals surface area contributed by atoms with Crippen LogP contribution in [0.2, 0.25) is 0 Å². The summed E-state index contributed by atoms with van der Waals surface area (Å²) in [6.07, 6.45) is 0. The lowest BCUT2D eigenvalue weighted by Gasteiger charge is -2.16. The second kappa shape index (κ2) is 6.19. The molecule has 0 fully saturated rings. The van der Waals surface area contributed by atoms with Gasteiger partial charge < -0.3 is 11.5 Å². The van der Waals surface area contributed by atoms with Crippen LogP contribution in [0, 0.1) is 11.3 Å². The molecule has 124 valence electrons. The number of benzene rings is 2. The quantitative estimate of drug-likeness (QED) is 0.748. The van der Waals surface area contributed by atoms with Gasteiger partial charge in [0.25, 0.3) is 5.56 Å². The number of hydrogen-bond acceptors (Lipinski definition) is 5. The molecule has 0 aliphatic heterocycles. The lowest BCUT2D eigenvalue weighted by atomic mass is 10.1. The van der Waals surface area contributed by atoms with Crippen molar-refractivity contribution in [2.45, 2.75) is 13.0 Å². The van der Waals surface area contributed by atoms with Crippen LogP contribution in [-0.4, -0.2) is 15.5 Å². The maximum atomic E-state index is 13.0. The molecule has 0 radical (unpaired) electrons. The van der Waals surface area contributed by atoms with Gasteiger partial charge >= 0.3 is 0 Å². The number of amides is 1. The first-order valence-electron chi connectivity index (χ1n) is 7.55. The van der Waals surface area contributed by atoms with Crippen molar-refractivity contribution < 1.29 is 4.79 Å². The van der Waals surface area contributed by atoms with Crippen LogP contribution < -0.4 is 17.0 Å². The Labute approximate surface area is 143 Å². The van der Waals surface area contributed by atoms with E-state index >= 15 is 0 Å². The summed E-state index contributed by atoms with van der Waals surface area (Å²) >= 11 is 0. The van der Waals surface area contributed by atoms with Gasteiger partial charge in [0.15, 0.2) is 0 Å². The normalized spacial score (nSPS) is 11.9. The number of carbonyl (C=O) groups excluding carboxylic acids is 1. The van der Waals surface area contributed by atoms with Gasteiger partial charge in [0.1, 0.15) is 11.9 Å². The maximum Gasteiger partial charge on any atom is 0.266 e. The number of aromatic nitrogens is 2. The Morgan fingerprint density at radius 1 is 1.28 bits per heavy atom. The van der Waals surface area contributed by atoms with Crippen LogP contribution in [0.5, 0.6) is 0 Å². The highest BCUT2D eigenvalue weighted by molar-refractivity contribution is 5.93. The summed E-state index contributed by atoms with van der Waals surface area (Å²) < 4.78 is 1.35. The number of rotatable bonds is 3. The van der Waals surface area contributed by atoms with E-state index in [0.29, 0.717) is 28.0 Å². The Morgan fingerprint density at radius 2 is 2.00 bits per heavy atom. The summed E-state index contributed by atoms with van der Waals surface area (Å²) in [5, 5.41) is 9.56. The smallest absolute Gasteiger partial charge is 0.266 e. The molecular weight excluding hydrogens is 318 g/mol. The van der Waals surface area contributed by atoms with Crippen molar-refractivity contribution in [1.29, 1.82) is 5.26 Å². The van der Waals surface area contributed by atoms with Crippen molar-refractivity contribution in [3.63, 3.8) is 0 Å². The number of carbonyl (C=O) groups is 1. The predicted molar refractivity (Wildman–Crippen MR) is 93.2 cm³/mol. The zero-order valence-corrected chi connectivity index (χ0v) is 13.4. The molecule has 25 heavy (non-hydrogen) atoms. The van der Waals surface area contributed by atoms with Crippen molar-refractivity contribution in [3.05, 3.63) is 69.8 Å². The van der Waals surface area contributed by atoms with Gasteiger partial charge in [0, 0.05) is 5.56 Å². The van der Waals surface area contributed by atoms with Crippen LogP contribution in [0.4, 0.5) is 0 Å². The van der Waals surface area contributed by atoms with Crippen molar-refractivity contribution in [2.75, 3.05) is 0 Å². The van der Waals surface area contributed by atoms with Crippen LogP contribution in [0.1, 0.15) is 34.7 Å². The van der Waals surface area contributed by atoms with Gasteiger partial charge in [-0.2, -0.15) is 5.26 Å². The van der Waals surface area contributed by atoms with Crippen molar-refractivity contribution >= 4 is 16.8 Å². The molecule has 1 atom stereocenters. The van der Waals surface area contributed by atoms with E-state index < -0.39 is 11.9 Å². The average molecular weight is 333 g/mol. The fourth-order valence-electron chi connectivity index (χ4n) is 2.67. The lowest BCUT2D eigenvalue weighted by molar-refractivity contribution is 0.1000. The number of hydrogen-bond donors (Lipinski definition) is 2. The topological polar surface area (TPSA) is 128 Å². The molecule has 7 heteroatoms. The molecule has 1 amide bonds. The Balaban J connectivity index is 2.43. The number of primary amides is 1. The van der Waals surface area contributed by atoms with E-state index in [-0.39, 0.29) is 11.1 Å². The third-order valence-electron chi connectivity index (χ3n) is 3.84. The van der Waals surface area contributed by atoms with Gasteiger partial charge in [-0.15, -0.1) is 0 Å². The molecule has 0 spiro atoms.